The first-order valence-corrected chi connectivity index (χ1v) is 5.83. The van der Waals surface area contributed by atoms with Crippen LogP contribution in [0.15, 0.2) is 12.1 Å². The van der Waals surface area contributed by atoms with Crippen molar-refractivity contribution in [2.75, 3.05) is 0 Å². The number of hydrogen-bond acceptors (Lipinski definition) is 0. The highest BCUT2D eigenvalue weighted by Crippen LogP contribution is 2.28. The summed E-state index contributed by atoms with van der Waals surface area (Å²) in [5, 5.41) is 1.95. The number of halogens is 3. The Bertz CT molecular complexity index is 249. The smallest absolute Gasteiger partial charge is 0.0464 e. The van der Waals surface area contributed by atoms with Gasteiger partial charge in [0.05, 0.1) is 0 Å². The van der Waals surface area contributed by atoms with Crippen LogP contribution >= 0.6 is 34.8 Å². The van der Waals surface area contributed by atoms with Gasteiger partial charge in [-0.05, 0) is 23.7 Å². The predicted molar refractivity (Wildman–Crippen MR) is 55.1 cm³/mol. The molecule has 0 spiro atoms. The Labute approximate surface area is 83.9 Å². The van der Waals surface area contributed by atoms with Gasteiger partial charge in [0.25, 0.3) is 0 Å². The van der Waals surface area contributed by atoms with E-state index >= 15 is 0 Å². The van der Waals surface area contributed by atoms with Crippen molar-refractivity contribution in [3.8, 4) is 0 Å². The highest BCUT2D eigenvalue weighted by atomic mass is 35.5. The highest BCUT2D eigenvalue weighted by molar-refractivity contribution is 6.39. The van der Waals surface area contributed by atoms with Gasteiger partial charge in [-0.25, -0.2) is 0 Å². The standard InChI is InChI=1S/C7H7Cl3Si/c8-4-1-6(9)5(3-11)7(10)2-4/h1-2H,3H2,11H3. The molecule has 0 aliphatic heterocycles. The molecule has 1 aromatic carbocycles. The number of hydrogen-bond donors (Lipinski definition) is 0. The fourth-order valence-corrected chi connectivity index (χ4v) is 3.20. The molecule has 0 atom stereocenters. The zero-order valence-corrected chi connectivity index (χ0v) is 10.3. The Morgan fingerprint density at radius 3 is 1.91 bits per heavy atom. The van der Waals surface area contributed by atoms with E-state index in [1.54, 1.807) is 12.1 Å². The summed E-state index contributed by atoms with van der Waals surface area (Å²) in [6, 6.07) is 4.42. The van der Waals surface area contributed by atoms with Gasteiger partial charge in [-0.2, -0.15) is 0 Å². The Balaban J connectivity index is 3.25. The van der Waals surface area contributed by atoms with Crippen LogP contribution in [-0.4, -0.2) is 10.2 Å². The van der Waals surface area contributed by atoms with E-state index in [1.165, 1.54) is 0 Å². The van der Waals surface area contributed by atoms with Crippen molar-refractivity contribution < 1.29 is 0 Å². The minimum Gasteiger partial charge on any atom is -0.0842 e. The average molecular weight is 226 g/mol. The topological polar surface area (TPSA) is 0 Å². The second-order valence-corrected chi connectivity index (χ2v) is 4.16. The van der Waals surface area contributed by atoms with Crippen molar-refractivity contribution >= 4 is 45.0 Å². The molecule has 0 saturated carbocycles. The van der Waals surface area contributed by atoms with Crippen molar-refractivity contribution in [2.24, 2.45) is 0 Å². The molecular weight excluding hydrogens is 219 g/mol. The monoisotopic (exact) mass is 224 g/mol. The Morgan fingerprint density at radius 1 is 1.09 bits per heavy atom. The first-order chi connectivity index (χ1) is 5.15. The van der Waals surface area contributed by atoms with E-state index in [1.807, 2.05) is 0 Å². The van der Waals surface area contributed by atoms with E-state index in [4.69, 9.17) is 34.8 Å². The second kappa shape index (κ2) is 3.81. The van der Waals surface area contributed by atoms with E-state index in [0.717, 1.165) is 21.9 Å². The molecule has 0 unspecified atom stereocenters. The summed E-state index contributed by atoms with van der Waals surface area (Å²) in [5.41, 5.74) is 1.02. The number of benzene rings is 1. The van der Waals surface area contributed by atoms with Crippen LogP contribution in [0.5, 0.6) is 0 Å². The van der Waals surface area contributed by atoms with Crippen LogP contribution in [0, 0.1) is 0 Å². The summed E-state index contributed by atoms with van der Waals surface area (Å²) in [4.78, 5) is 0. The van der Waals surface area contributed by atoms with Crippen LogP contribution < -0.4 is 0 Å². The molecule has 0 N–H and O–H groups in total. The average Bonchev–Trinajstić information content (AvgIpc) is 1.85. The lowest BCUT2D eigenvalue weighted by atomic mass is 10.2. The van der Waals surface area contributed by atoms with Gasteiger partial charge in [0.15, 0.2) is 0 Å². The Hall–Kier alpha value is 0.307. The summed E-state index contributed by atoms with van der Waals surface area (Å²) < 4.78 is 0. The van der Waals surface area contributed by atoms with E-state index in [9.17, 15) is 0 Å². The lowest BCUT2D eigenvalue weighted by Crippen LogP contribution is -1.86. The van der Waals surface area contributed by atoms with Gasteiger partial charge in [0.2, 0.25) is 0 Å². The van der Waals surface area contributed by atoms with Gasteiger partial charge in [0, 0.05) is 25.3 Å². The summed E-state index contributed by atoms with van der Waals surface area (Å²) in [5.74, 6) is 0. The zero-order chi connectivity index (χ0) is 8.43. The predicted octanol–water partition coefficient (Wildman–Crippen LogP) is 2.51. The lowest BCUT2D eigenvalue weighted by Gasteiger charge is -2.03. The molecule has 0 heterocycles. The maximum atomic E-state index is 5.89. The molecule has 0 aliphatic rings. The summed E-state index contributed by atoms with van der Waals surface area (Å²) in [7, 11) is 1.06. The van der Waals surface area contributed by atoms with Gasteiger partial charge in [-0.3, -0.25) is 0 Å². The minimum absolute atomic E-state index is 0.596. The summed E-state index contributed by atoms with van der Waals surface area (Å²) >= 11 is 17.5. The van der Waals surface area contributed by atoms with Crippen LogP contribution in [-0.2, 0) is 6.04 Å². The van der Waals surface area contributed by atoms with Crippen LogP contribution in [0.4, 0.5) is 0 Å². The fourth-order valence-electron chi connectivity index (χ4n) is 0.910. The third kappa shape index (κ3) is 2.12. The van der Waals surface area contributed by atoms with Crippen LogP contribution in [0.3, 0.4) is 0 Å². The third-order valence-electron chi connectivity index (χ3n) is 1.46. The molecular formula is C7H7Cl3Si. The molecule has 1 rings (SSSR count). The summed E-state index contributed by atoms with van der Waals surface area (Å²) in [6.45, 7) is 0. The van der Waals surface area contributed by atoms with E-state index in [2.05, 4.69) is 0 Å². The largest absolute Gasteiger partial charge is 0.0842 e. The van der Waals surface area contributed by atoms with E-state index < -0.39 is 0 Å². The molecule has 60 valence electrons. The molecule has 0 amide bonds. The van der Waals surface area contributed by atoms with Crippen molar-refractivity contribution in [1.29, 1.82) is 0 Å². The van der Waals surface area contributed by atoms with Gasteiger partial charge in [-0.1, -0.05) is 34.8 Å². The molecule has 0 saturated heterocycles. The summed E-state index contributed by atoms with van der Waals surface area (Å²) in [6.07, 6.45) is 0. The van der Waals surface area contributed by atoms with Crippen molar-refractivity contribution in [2.45, 2.75) is 6.04 Å². The first kappa shape index (κ1) is 9.40. The molecule has 0 bridgehead atoms. The molecule has 4 heteroatoms. The molecule has 0 radical (unpaired) electrons. The molecule has 11 heavy (non-hydrogen) atoms. The number of rotatable bonds is 1. The highest BCUT2D eigenvalue weighted by Gasteiger charge is 2.04. The van der Waals surface area contributed by atoms with E-state index in [-0.39, 0.29) is 0 Å². The van der Waals surface area contributed by atoms with Gasteiger partial charge in [-0.15, -0.1) is 0 Å². The molecule has 0 aromatic heterocycles. The normalized spacial score (nSPS) is 10.5. The van der Waals surface area contributed by atoms with Crippen molar-refractivity contribution in [3.63, 3.8) is 0 Å². The second-order valence-electron chi connectivity index (χ2n) is 2.20. The lowest BCUT2D eigenvalue weighted by molar-refractivity contribution is 1.40. The maximum absolute atomic E-state index is 5.89. The quantitative estimate of drug-likeness (QED) is 0.645. The first-order valence-electron chi connectivity index (χ1n) is 3.28. The molecule has 0 aliphatic carbocycles. The Kier molecular flexibility index (Phi) is 3.25. The van der Waals surface area contributed by atoms with E-state index in [0.29, 0.717) is 15.1 Å². The van der Waals surface area contributed by atoms with Crippen LogP contribution in [0.2, 0.25) is 15.1 Å². The molecule has 1 aromatic rings. The SMILES string of the molecule is [SiH3]Cc1c(Cl)cc(Cl)cc1Cl. The Morgan fingerprint density at radius 2 is 1.55 bits per heavy atom. The molecule has 0 nitrogen and oxygen atoms in total. The van der Waals surface area contributed by atoms with Crippen molar-refractivity contribution in [3.05, 3.63) is 32.8 Å². The van der Waals surface area contributed by atoms with Gasteiger partial charge >= 0.3 is 0 Å². The maximum Gasteiger partial charge on any atom is 0.0464 e. The van der Waals surface area contributed by atoms with Gasteiger partial charge < -0.3 is 0 Å². The molecule has 0 fully saturated rings. The fraction of sp³-hybridized carbons (Fsp3) is 0.143. The zero-order valence-electron chi connectivity index (χ0n) is 6.00. The minimum atomic E-state index is 0.596. The third-order valence-corrected chi connectivity index (χ3v) is 3.06. The van der Waals surface area contributed by atoms with Crippen LogP contribution in [0.1, 0.15) is 5.56 Å². The van der Waals surface area contributed by atoms with Crippen molar-refractivity contribution in [1.82, 2.24) is 0 Å². The van der Waals surface area contributed by atoms with Crippen LogP contribution in [0.25, 0.3) is 0 Å². The van der Waals surface area contributed by atoms with Gasteiger partial charge in [0.1, 0.15) is 0 Å².